The van der Waals surface area contributed by atoms with E-state index in [-0.39, 0.29) is 23.6 Å². The molecule has 38 heavy (non-hydrogen) atoms. The predicted molar refractivity (Wildman–Crippen MR) is 137 cm³/mol. The fraction of sp³-hybridized carbons (Fsp3) is 0.192. The zero-order chi connectivity index (χ0) is 28.0. The fourth-order valence-electron chi connectivity index (χ4n) is 3.78. The van der Waals surface area contributed by atoms with E-state index < -0.39 is 43.9 Å². The number of anilines is 3. The van der Waals surface area contributed by atoms with E-state index in [9.17, 15) is 33.0 Å². The van der Waals surface area contributed by atoms with Crippen molar-refractivity contribution in [1.82, 2.24) is 0 Å². The van der Waals surface area contributed by atoms with Crippen molar-refractivity contribution in [2.24, 2.45) is 0 Å². The maximum Gasteiger partial charge on any atom is 0.335 e. The number of ketones is 1. The number of carboxylic acid groups (broad SMARTS) is 2. The zero-order valence-electron chi connectivity index (χ0n) is 20.6. The van der Waals surface area contributed by atoms with Crippen molar-refractivity contribution < 1.29 is 38.1 Å². The smallest absolute Gasteiger partial charge is 0.335 e. The van der Waals surface area contributed by atoms with E-state index in [2.05, 4.69) is 10.2 Å². The molecule has 3 N–H and O–H groups in total. The molecule has 200 valence electrons. The first-order valence-corrected chi connectivity index (χ1v) is 13.0. The van der Waals surface area contributed by atoms with Crippen molar-refractivity contribution in [2.75, 3.05) is 34.6 Å². The third-order valence-corrected chi connectivity index (χ3v) is 7.16. The normalized spacial score (nSPS) is 11.0. The second kappa shape index (κ2) is 11.6. The van der Waals surface area contributed by atoms with Gasteiger partial charge in [-0.3, -0.25) is 9.52 Å². The van der Waals surface area contributed by atoms with Crippen LogP contribution in [-0.2, 0) is 10.0 Å². The Morgan fingerprint density at radius 1 is 0.921 bits per heavy atom. The van der Waals surface area contributed by atoms with Crippen molar-refractivity contribution >= 4 is 44.8 Å². The van der Waals surface area contributed by atoms with Crippen LogP contribution in [0, 0.1) is 0 Å². The molecular weight excluding hydrogens is 514 g/mol. The first-order valence-electron chi connectivity index (χ1n) is 11.5. The molecule has 0 aromatic heterocycles. The van der Waals surface area contributed by atoms with E-state index in [0.717, 1.165) is 43.0 Å². The van der Waals surface area contributed by atoms with Crippen LogP contribution in [0.15, 0.2) is 65.6 Å². The minimum absolute atomic E-state index is 0.176. The minimum Gasteiger partial charge on any atom is -0.871 e. The third kappa shape index (κ3) is 6.21. The molecule has 0 saturated heterocycles. The van der Waals surface area contributed by atoms with Crippen LogP contribution in [0.4, 0.5) is 17.1 Å². The van der Waals surface area contributed by atoms with Crippen LogP contribution >= 0.6 is 0 Å². The molecule has 0 amide bonds. The third-order valence-electron chi connectivity index (χ3n) is 5.75. The number of benzene rings is 3. The van der Waals surface area contributed by atoms with Gasteiger partial charge in [-0.05, 0) is 62.4 Å². The predicted octanol–water partition coefficient (Wildman–Crippen LogP) is 1.76. The number of Topliss-reactive ketones (excluding diaryl/α,β-unsaturated/α-hetero) is 1. The van der Waals surface area contributed by atoms with Gasteiger partial charge in [0.1, 0.15) is 0 Å². The van der Waals surface area contributed by atoms with E-state index in [0.29, 0.717) is 5.56 Å². The monoisotopic (exact) mass is 539 g/mol. The summed E-state index contributed by atoms with van der Waals surface area (Å²) >= 11 is 0. The van der Waals surface area contributed by atoms with Crippen molar-refractivity contribution in [3.05, 3.63) is 77.4 Å². The summed E-state index contributed by atoms with van der Waals surface area (Å²) in [4.78, 5) is 37.1. The summed E-state index contributed by atoms with van der Waals surface area (Å²) in [6, 6.07) is 13.2. The summed E-state index contributed by atoms with van der Waals surface area (Å²) in [5, 5.41) is 35.7. The molecule has 11 nitrogen and oxygen atoms in total. The van der Waals surface area contributed by atoms with E-state index in [1.807, 2.05) is 18.6 Å². The molecule has 0 radical (unpaired) electrons. The van der Waals surface area contributed by atoms with Gasteiger partial charge in [0, 0.05) is 41.3 Å². The molecule has 0 unspecified atom stereocenters. The lowest BCUT2D eigenvalue weighted by Crippen LogP contribution is -2.28. The van der Waals surface area contributed by atoms with Crippen LogP contribution in [-0.4, -0.2) is 50.9 Å². The van der Waals surface area contributed by atoms with E-state index in [1.54, 1.807) is 24.3 Å². The molecule has 0 atom stereocenters. The maximum atomic E-state index is 13.0. The van der Waals surface area contributed by atoms with Gasteiger partial charge in [-0.15, -0.1) is 0 Å². The first-order chi connectivity index (χ1) is 18.0. The molecule has 3 aromatic rings. The van der Waals surface area contributed by atoms with Crippen molar-refractivity contribution in [3.8, 4) is 5.75 Å². The van der Waals surface area contributed by atoms with Crippen molar-refractivity contribution in [1.29, 1.82) is 0 Å². The average Bonchev–Trinajstić information content (AvgIpc) is 2.89. The summed E-state index contributed by atoms with van der Waals surface area (Å²) in [6.45, 7) is 5.30. The molecule has 0 heterocycles. The highest BCUT2D eigenvalue weighted by Crippen LogP contribution is 2.29. The Balaban J connectivity index is 1.84. The summed E-state index contributed by atoms with van der Waals surface area (Å²) in [7, 11) is -4.62. The molecule has 0 aliphatic heterocycles. The van der Waals surface area contributed by atoms with Gasteiger partial charge in [0.2, 0.25) is 0 Å². The fourth-order valence-corrected chi connectivity index (χ4v) is 5.06. The lowest BCUT2D eigenvalue weighted by molar-refractivity contribution is -0.267. The number of hydrogen-bond donors (Lipinski definition) is 3. The molecule has 0 spiro atoms. The number of carbonyl (C=O) groups is 3. The largest absolute Gasteiger partial charge is 0.871 e. The number of aromatic carboxylic acids is 2. The van der Waals surface area contributed by atoms with Gasteiger partial charge in [0.15, 0.2) is 5.78 Å². The van der Waals surface area contributed by atoms with E-state index in [4.69, 9.17) is 5.11 Å². The Hall–Kier alpha value is -4.58. The SMILES string of the molecule is CCN(CC)c1ccc(C(=O)CNc2cccc(S(=O)(=O)Nc3ccc(C(=O)O)cc3[O-])c2C(=O)[O-])cc1. The molecule has 0 aliphatic rings. The number of hydrogen-bond acceptors (Lipinski definition) is 9. The second-order valence-corrected chi connectivity index (χ2v) is 9.73. The molecule has 0 aliphatic carbocycles. The van der Waals surface area contributed by atoms with Crippen LogP contribution in [0.5, 0.6) is 5.75 Å². The quantitative estimate of drug-likeness (QED) is 0.287. The molecule has 12 heteroatoms. The summed E-state index contributed by atoms with van der Waals surface area (Å²) in [5.41, 5.74) is -0.401. The zero-order valence-corrected chi connectivity index (χ0v) is 21.4. The highest BCUT2D eigenvalue weighted by molar-refractivity contribution is 7.92. The van der Waals surface area contributed by atoms with Gasteiger partial charge in [-0.25, -0.2) is 13.2 Å². The van der Waals surface area contributed by atoms with Gasteiger partial charge >= 0.3 is 5.97 Å². The number of rotatable bonds is 12. The van der Waals surface area contributed by atoms with Crippen molar-refractivity contribution in [3.63, 3.8) is 0 Å². The highest BCUT2D eigenvalue weighted by atomic mass is 32.2. The molecule has 3 aromatic carbocycles. The number of carboxylic acids is 2. The van der Waals surface area contributed by atoms with Gasteiger partial charge in [0.05, 0.1) is 23.0 Å². The molecule has 3 rings (SSSR count). The van der Waals surface area contributed by atoms with Gasteiger partial charge in [0.25, 0.3) is 10.0 Å². The Labute approximate surface area is 219 Å². The van der Waals surface area contributed by atoms with Crippen LogP contribution < -0.4 is 25.2 Å². The highest BCUT2D eigenvalue weighted by Gasteiger charge is 2.23. The number of carbonyl (C=O) groups excluding carboxylic acids is 2. The van der Waals surface area contributed by atoms with E-state index in [1.165, 1.54) is 12.1 Å². The summed E-state index contributed by atoms with van der Waals surface area (Å²) in [6.07, 6.45) is 0. The van der Waals surface area contributed by atoms with E-state index >= 15 is 0 Å². The Morgan fingerprint density at radius 3 is 2.11 bits per heavy atom. The Kier molecular flexibility index (Phi) is 8.58. The Bertz CT molecular complexity index is 1470. The number of sulfonamides is 1. The molecule has 0 fully saturated rings. The van der Waals surface area contributed by atoms with Crippen LogP contribution in [0.3, 0.4) is 0 Å². The van der Waals surface area contributed by atoms with Crippen molar-refractivity contribution in [2.45, 2.75) is 18.7 Å². The van der Waals surface area contributed by atoms with Crippen LogP contribution in [0.25, 0.3) is 0 Å². The van der Waals surface area contributed by atoms with Gasteiger partial charge in [-0.2, -0.15) is 0 Å². The van der Waals surface area contributed by atoms with Crippen LogP contribution in [0.1, 0.15) is 44.9 Å². The number of nitrogens with one attached hydrogen (secondary N) is 2. The van der Waals surface area contributed by atoms with Gasteiger partial charge in [-0.1, -0.05) is 17.9 Å². The number of nitrogens with zero attached hydrogens (tertiary/aromatic N) is 1. The van der Waals surface area contributed by atoms with Crippen LogP contribution in [0.2, 0.25) is 0 Å². The first kappa shape index (κ1) is 28.0. The molecule has 0 bridgehead atoms. The summed E-state index contributed by atoms with van der Waals surface area (Å²) < 4.78 is 28.0. The minimum atomic E-state index is -4.62. The standard InChI is InChI=1S/C26H27N3O8S/c1-3-29(4-2)18-11-8-16(9-12-18)22(31)15-27-20-6-5-7-23(24(20)26(34)35)38(36,37)28-19-13-10-17(25(32)33)14-21(19)30/h5-14,27-28,30H,3-4,15H2,1-2H3,(H,32,33)(H,34,35)/p-2. The lowest BCUT2D eigenvalue weighted by atomic mass is 10.1. The Morgan fingerprint density at radius 2 is 1.55 bits per heavy atom. The summed E-state index contributed by atoms with van der Waals surface area (Å²) in [5.74, 6) is -4.48. The average molecular weight is 540 g/mol. The van der Waals surface area contributed by atoms with Gasteiger partial charge < -0.3 is 30.3 Å². The second-order valence-electron chi connectivity index (χ2n) is 8.08. The molecular formula is C26H25N3O8S-2. The molecule has 0 saturated carbocycles. The lowest BCUT2D eigenvalue weighted by Gasteiger charge is -2.21. The maximum absolute atomic E-state index is 13.0. The topological polar surface area (TPSA) is 179 Å².